The number of carbonyl (C=O) groups excluding carboxylic acids is 1. The Hall–Kier alpha value is -0.610. The summed E-state index contributed by atoms with van der Waals surface area (Å²) in [5, 5.41) is 3.09. The molecular formula is C10H10BrClN2O. The van der Waals surface area contributed by atoms with Crippen molar-refractivity contribution in [3.8, 4) is 0 Å². The highest BCUT2D eigenvalue weighted by atomic mass is 79.9. The summed E-state index contributed by atoms with van der Waals surface area (Å²) in [6.07, 6.45) is 4.00. The second kappa shape index (κ2) is 4.49. The molecule has 1 amide bonds. The number of nitrogens with one attached hydrogen (secondary N) is 1. The zero-order chi connectivity index (χ0) is 10.8. The number of hydrogen-bond donors (Lipinski definition) is 1. The van der Waals surface area contributed by atoms with E-state index in [0.717, 1.165) is 11.0 Å². The molecule has 15 heavy (non-hydrogen) atoms. The van der Waals surface area contributed by atoms with Crippen LogP contribution >= 0.6 is 27.5 Å². The highest BCUT2D eigenvalue weighted by Gasteiger charge is 2.22. The van der Waals surface area contributed by atoms with Crippen LogP contribution in [-0.4, -0.2) is 17.4 Å². The number of hydrogen-bond acceptors (Lipinski definition) is 2. The molecule has 1 aliphatic rings. The molecule has 0 aliphatic heterocycles. The lowest BCUT2D eigenvalue weighted by Gasteiger charge is -2.05. The third kappa shape index (κ3) is 2.92. The summed E-state index contributed by atoms with van der Waals surface area (Å²) in [5.41, 5.74) is 0.423. The van der Waals surface area contributed by atoms with Crippen LogP contribution in [0.15, 0.2) is 16.7 Å². The zero-order valence-electron chi connectivity index (χ0n) is 7.96. The summed E-state index contributed by atoms with van der Waals surface area (Å²) < 4.78 is 0.753. The maximum absolute atomic E-state index is 11.7. The number of pyridine rings is 1. The number of nitrogens with zero attached hydrogens (tertiary/aromatic N) is 1. The van der Waals surface area contributed by atoms with Crippen molar-refractivity contribution in [3.63, 3.8) is 0 Å². The van der Waals surface area contributed by atoms with Gasteiger partial charge in [0.15, 0.2) is 0 Å². The topological polar surface area (TPSA) is 42.0 Å². The number of carbonyl (C=O) groups is 1. The molecule has 1 aromatic heterocycles. The molecule has 0 bridgehead atoms. The molecule has 1 N–H and O–H groups in total. The molecular weight excluding hydrogens is 279 g/mol. The van der Waals surface area contributed by atoms with Gasteiger partial charge in [-0.1, -0.05) is 11.6 Å². The van der Waals surface area contributed by atoms with Crippen molar-refractivity contribution in [2.24, 2.45) is 5.92 Å². The predicted molar refractivity (Wildman–Crippen MR) is 62.0 cm³/mol. The molecule has 5 heteroatoms. The Balaban J connectivity index is 2.05. The Labute approximate surface area is 101 Å². The highest BCUT2D eigenvalue weighted by molar-refractivity contribution is 9.10. The Bertz CT molecular complexity index is 393. The number of aromatic nitrogens is 1. The molecule has 2 rings (SSSR count). The second-order valence-corrected chi connectivity index (χ2v) is 4.92. The van der Waals surface area contributed by atoms with Gasteiger partial charge in [-0.15, -0.1) is 0 Å². The van der Waals surface area contributed by atoms with Crippen LogP contribution in [0.3, 0.4) is 0 Å². The van der Waals surface area contributed by atoms with Crippen LogP contribution in [0.2, 0.25) is 5.15 Å². The first-order valence-corrected chi connectivity index (χ1v) is 5.93. The Morgan fingerprint density at radius 3 is 3.07 bits per heavy atom. The lowest BCUT2D eigenvalue weighted by Crippen LogP contribution is -2.26. The van der Waals surface area contributed by atoms with Crippen LogP contribution < -0.4 is 5.32 Å². The fourth-order valence-electron chi connectivity index (χ4n) is 1.24. The summed E-state index contributed by atoms with van der Waals surface area (Å²) in [6, 6.07) is 1.68. The number of rotatable bonds is 3. The van der Waals surface area contributed by atoms with Crippen molar-refractivity contribution in [2.45, 2.75) is 12.8 Å². The van der Waals surface area contributed by atoms with Crippen LogP contribution in [-0.2, 0) is 0 Å². The first-order chi connectivity index (χ1) is 7.16. The fourth-order valence-corrected chi connectivity index (χ4v) is 1.76. The predicted octanol–water partition coefficient (Wildman–Crippen LogP) is 2.64. The van der Waals surface area contributed by atoms with Crippen molar-refractivity contribution < 1.29 is 4.79 Å². The minimum Gasteiger partial charge on any atom is -0.352 e. The minimum absolute atomic E-state index is 0.152. The van der Waals surface area contributed by atoms with Gasteiger partial charge in [0.05, 0.1) is 5.56 Å². The average molecular weight is 290 g/mol. The third-order valence-corrected chi connectivity index (χ3v) is 3.03. The van der Waals surface area contributed by atoms with E-state index in [-0.39, 0.29) is 11.1 Å². The molecule has 1 aromatic rings. The van der Waals surface area contributed by atoms with Crippen molar-refractivity contribution in [1.29, 1.82) is 0 Å². The first kappa shape index (κ1) is 10.9. The van der Waals surface area contributed by atoms with E-state index < -0.39 is 0 Å². The van der Waals surface area contributed by atoms with Crippen LogP contribution in [0.1, 0.15) is 23.2 Å². The van der Waals surface area contributed by atoms with E-state index in [1.807, 2.05) is 0 Å². The minimum atomic E-state index is -0.152. The van der Waals surface area contributed by atoms with Gasteiger partial charge < -0.3 is 5.32 Å². The maximum atomic E-state index is 11.7. The average Bonchev–Trinajstić information content (AvgIpc) is 3.02. The van der Waals surface area contributed by atoms with Crippen molar-refractivity contribution in [1.82, 2.24) is 10.3 Å². The third-order valence-electron chi connectivity index (χ3n) is 2.30. The Morgan fingerprint density at radius 2 is 2.40 bits per heavy atom. The summed E-state index contributed by atoms with van der Waals surface area (Å²) in [4.78, 5) is 15.6. The molecule has 80 valence electrons. The van der Waals surface area contributed by atoms with E-state index in [1.165, 1.54) is 12.8 Å². The van der Waals surface area contributed by atoms with E-state index in [2.05, 4.69) is 26.2 Å². The standard InChI is InChI=1S/C10H10BrClN2O/c11-7-3-8(9(12)13-5-7)10(15)14-4-6-1-2-6/h3,5-6H,1-2,4H2,(H,14,15). The number of halogens is 2. The molecule has 1 heterocycles. The van der Waals surface area contributed by atoms with E-state index in [9.17, 15) is 4.79 Å². The van der Waals surface area contributed by atoms with E-state index >= 15 is 0 Å². The largest absolute Gasteiger partial charge is 0.352 e. The van der Waals surface area contributed by atoms with Gasteiger partial charge in [0.2, 0.25) is 0 Å². The first-order valence-electron chi connectivity index (χ1n) is 4.76. The Kier molecular flexibility index (Phi) is 3.26. The van der Waals surface area contributed by atoms with Gasteiger partial charge in [-0.3, -0.25) is 4.79 Å². The Morgan fingerprint density at radius 1 is 1.67 bits per heavy atom. The molecule has 1 aliphatic carbocycles. The van der Waals surface area contributed by atoms with Gasteiger partial charge in [-0.25, -0.2) is 4.98 Å². The van der Waals surface area contributed by atoms with E-state index in [4.69, 9.17) is 11.6 Å². The molecule has 0 saturated heterocycles. The van der Waals surface area contributed by atoms with Crippen molar-refractivity contribution >= 4 is 33.4 Å². The van der Waals surface area contributed by atoms with Crippen LogP contribution in [0.5, 0.6) is 0 Å². The molecule has 0 aromatic carbocycles. The van der Waals surface area contributed by atoms with Crippen molar-refractivity contribution in [2.75, 3.05) is 6.54 Å². The monoisotopic (exact) mass is 288 g/mol. The normalized spacial score (nSPS) is 15.1. The van der Waals surface area contributed by atoms with Crippen LogP contribution in [0.4, 0.5) is 0 Å². The van der Waals surface area contributed by atoms with Crippen molar-refractivity contribution in [3.05, 3.63) is 27.5 Å². The SMILES string of the molecule is O=C(NCC1CC1)c1cc(Br)cnc1Cl. The molecule has 0 spiro atoms. The molecule has 0 atom stereocenters. The maximum Gasteiger partial charge on any atom is 0.254 e. The lowest BCUT2D eigenvalue weighted by atomic mass is 10.2. The fraction of sp³-hybridized carbons (Fsp3) is 0.400. The zero-order valence-corrected chi connectivity index (χ0v) is 10.3. The summed E-state index contributed by atoms with van der Waals surface area (Å²) in [6.45, 7) is 0.738. The van der Waals surface area contributed by atoms with Gasteiger partial charge >= 0.3 is 0 Å². The van der Waals surface area contributed by atoms with Gasteiger partial charge in [0.1, 0.15) is 5.15 Å². The quantitative estimate of drug-likeness (QED) is 0.869. The number of amides is 1. The molecule has 1 saturated carbocycles. The molecule has 3 nitrogen and oxygen atoms in total. The summed E-state index contributed by atoms with van der Waals surface area (Å²) >= 11 is 9.09. The van der Waals surface area contributed by atoms with E-state index in [0.29, 0.717) is 11.5 Å². The summed E-state index contributed by atoms with van der Waals surface area (Å²) in [7, 11) is 0. The van der Waals surface area contributed by atoms with Gasteiger partial charge in [-0.2, -0.15) is 0 Å². The second-order valence-electron chi connectivity index (χ2n) is 3.65. The van der Waals surface area contributed by atoms with Crippen LogP contribution in [0, 0.1) is 5.92 Å². The molecule has 0 radical (unpaired) electrons. The van der Waals surface area contributed by atoms with Gasteiger partial charge in [0, 0.05) is 17.2 Å². The summed E-state index contributed by atoms with van der Waals surface area (Å²) in [5.74, 6) is 0.508. The highest BCUT2D eigenvalue weighted by Crippen LogP contribution is 2.27. The molecule has 1 fully saturated rings. The van der Waals surface area contributed by atoms with Crippen LogP contribution in [0.25, 0.3) is 0 Å². The van der Waals surface area contributed by atoms with Gasteiger partial charge in [0.25, 0.3) is 5.91 Å². The van der Waals surface area contributed by atoms with E-state index in [1.54, 1.807) is 12.3 Å². The lowest BCUT2D eigenvalue weighted by molar-refractivity contribution is 0.0951. The molecule has 0 unspecified atom stereocenters. The smallest absolute Gasteiger partial charge is 0.254 e. The van der Waals surface area contributed by atoms with Gasteiger partial charge in [-0.05, 0) is 40.8 Å².